The van der Waals surface area contributed by atoms with E-state index in [1.54, 1.807) is 45.2 Å². The van der Waals surface area contributed by atoms with Gasteiger partial charge in [-0.2, -0.15) is 0 Å². The fraction of sp³-hybridized carbons (Fsp3) is 0.552. The lowest BCUT2D eigenvalue weighted by molar-refractivity contribution is -0.155. The Bertz CT molecular complexity index is 2880. The van der Waals surface area contributed by atoms with Gasteiger partial charge in [-0.25, -0.2) is 14.2 Å². The molecule has 75 heavy (non-hydrogen) atoms. The van der Waals surface area contributed by atoms with E-state index in [0.29, 0.717) is 55.5 Å². The number of nitrogens with one attached hydrogen (secondary N) is 2. The van der Waals surface area contributed by atoms with Crippen molar-refractivity contribution in [2.45, 2.75) is 137 Å². The molecule has 4 aromatic rings. The van der Waals surface area contributed by atoms with Crippen LogP contribution in [0.5, 0.6) is 0 Å². The average Bonchev–Trinajstić information content (AvgIpc) is 3.98. The van der Waals surface area contributed by atoms with Crippen LogP contribution in [0.25, 0.3) is 33.3 Å². The predicted octanol–water partition coefficient (Wildman–Crippen LogP) is 7.50. The highest BCUT2D eigenvalue weighted by atomic mass is 19.3. The number of likely N-dealkylation sites (tertiary alicyclic amines) is 2. The van der Waals surface area contributed by atoms with E-state index in [1.165, 1.54) is 22.0 Å². The van der Waals surface area contributed by atoms with Crippen LogP contribution in [0.1, 0.15) is 116 Å². The number of carbonyl (C=O) groups is 5. The van der Waals surface area contributed by atoms with Crippen molar-refractivity contribution in [3.63, 3.8) is 0 Å². The van der Waals surface area contributed by atoms with Crippen LogP contribution in [0.4, 0.5) is 8.78 Å². The molecular formula is C58H74F2N8O7. The van der Waals surface area contributed by atoms with Crippen LogP contribution in [0, 0.1) is 29.1 Å². The lowest BCUT2D eigenvalue weighted by Gasteiger charge is -2.41. The minimum Gasteiger partial charge on any atom is -0.464 e. The minimum absolute atomic E-state index is 0.0477. The molecule has 4 amide bonds. The number of amides is 4. The number of aryl methyl sites for hydroxylation is 1. The largest absolute Gasteiger partial charge is 0.464 e. The van der Waals surface area contributed by atoms with Gasteiger partial charge >= 0.3 is 5.97 Å². The van der Waals surface area contributed by atoms with Gasteiger partial charge in [-0.15, -0.1) is 0 Å². The molecule has 3 saturated heterocycles. The number of likely N-dealkylation sites (N-methyl/N-ethyl adjacent to an activating group) is 1. The van der Waals surface area contributed by atoms with E-state index >= 15 is 8.78 Å². The van der Waals surface area contributed by atoms with Crippen LogP contribution in [-0.2, 0) is 52.8 Å². The number of nitrogens with zero attached hydrogens (tertiary/aromatic N) is 6. The molecule has 2 N–H and O–H groups in total. The summed E-state index contributed by atoms with van der Waals surface area (Å²) in [7, 11) is 3.19. The molecule has 3 fully saturated rings. The molecule has 0 aliphatic carbocycles. The third kappa shape index (κ3) is 11.8. The molecule has 17 heteroatoms. The number of aromatic nitrogens is 2. The van der Waals surface area contributed by atoms with E-state index in [9.17, 15) is 24.0 Å². The fourth-order valence-electron chi connectivity index (χ4n) is 11.2. The molecule has 2 aromatic carbocycles. The third-order valence-corrected chi connectivity index (χ3v) is 15.6. The second kappa shape index (κ2) is 22.5. The summed E-state index contributed by atoms with van der Waals surface area (Å²) in [6.07, 6.45) is 1.13. The van der Waals surface area contributed by atoms with Crippen molar-refractivity contribution < 1.29 is 42.2 Å². The molecule has 0 unspecified atom stereocenters. The molecular weight excluding hydrogens is 959 g/mol. The predicted molar refractivity (Wildman–Crippen MR) is 283 cm³/mol. The number of rotatable bonds is 11. The summed E-state index contributed by atoms with van der Waals surface area (Å²) in [5.74, 6) is 2.51. The molecule has 6 bridgehead atoms. The highest BCUT2D eigenvalue weighted by Gasteiger charge is 2.41. The number of fused-ring (bicyclic) bond motifs is 6. The molecule has 2 aromatic heterocycles. The Morgan fingerprint density at radius 3 is 2.45 bits per heavy atom. The number of halogens is 2. The monoisotopic (exact) mass is 1030 g/mol. The number of cyclic esters (lactones) is 1. The van der Waals surface area contributed by atoms with E-state index in [1.807, 2.05) is 65.0 Å². The molecule has 15 nitrogen and oxygen atoms in total. The van der Waals surface area contributed by atoms with Gasteiger partial charge in [0.15, 0.2) is 0 Å². The van der Waals surface area contributed by atoms with Crippen molar-refractivity contribution in [3.05, 3.63) is 77.1 Å². The average molecular weight is 1030 g/mol. The maximum atomic E-state index is 15.1. The van der Waals surface area contributed by atoms with Gasteiger partial charge in [-0.1, -0.05) is 51.8 Å². The first kappa shape index (κ1) is 55.0. The number of pyridine rings is 1. The van der Waals surface area contributed by atoms with Crippen LogP contribution in [0.2, 0.25) is 0 Å². The van der Waals surface area contributed by atoms with E-state index in [-0.39, 0.29) is 49.6 Å². The summed E-state index contributed by atoms with van der Waals surface area (Å²) in [5.41, 5.74) is 7.77. The number of hydrogen-bond acceptors (Lipinski definition) is 10. The van der Waals surface area contributed by atoms with Crippen molar-refractivity contribution in [2.24, 2.45) is 17.3 Å². The van der Waals surface area contributed by atoms with Crippen LogP contribution in [0.3, 0.4) is 0 Å². The molecule has 0 radical (unpaired) electrons. The zero-order valence-corrected chi connectivity index (χ0v) is 45.2. The van der Waals surface area contributed by atoms with Gasteiger partial charge in [-0.05, 0) is 124 Å². The molecule has 4 aliphatic rings. The van der Waals surface area contributed by atoms with Gasteiger partial charge in [0.05, 0.1) is 35.6 Å². The Kier molecular flexibility index (Phi) is 16.5. The smallest absolute Gasteiger partial charge is 0.324 e. The molecule has 6 heterocycles. The number of hydrazine groups is 1. The maximum absolute atomic E-state index is 15.1. The minimum atomic E-state index is -2.86. The van der Waals surface area contributed by atoms with Crippen molar-refractivity contribution in [1.82, 2.24) is 40.0 Å². The summed E-state index contributed by atoms with van der Waals surface area (Å²) in [6, 6.07) is 11.2. The topological polar surface area (TPSA) is 159 Å². The summed E-state index contributed by atoms with van der Waals surface area (Å²) in [5, 5.41) is 5.16. The molecule has 8 rings (SSSR count). The van der Waals surface area contributed by atoms with E-state index in [0.717, 1.165) is 52.9 Å². The Morgan fingerprint density at radius 1 is 1.01 bits per heavy atom. The first-order valence-electron chi connectivity index (χ1n) is 26.5. The SMILES string of the molecule is CCn1c(-c2cccnc2[C@H](C)OC)c2c3cc(ccc31)-c1cc(cc(C(F)F)c1)C[C@H](NC(=O)[C@H](C(C)C)N(C)C(=O)[C@H]1CCN(C(=O)C#CC(C)(C)N3CCC3)C1)C(=O)N1CCC[C@H](N1)C(=O)OCC(C)(C)C2. The quantitative estimate of drug-likeness (QED) is 0.114. The zero-order valence-electron chi connectivity index (χ0n) is 45.2. The van der Waals surface area contributed by atoms with Gasteiger partial charge in [-0.3, -0.25) is 38.9 Å². The normalized spacial score (nSPS) is 21.2. The Hall–Kier alpha value is -6.22. The number of esters is 1. The van der Waals surface area contributed by atoms with E-state index in [4.69, 9.17) is 14.5 Å². The zero-order chi connectivity index (χ0) is 54.1. The molecule has 0 saturated carbocycles. The summed E-state index contributed by atoms with van der Waals surface area (Å²) < 4.78 is 44.3. The van der Waals surface area contributed by atoms with Gasteiger partial charge < -0.3 is 29.2 Å². The highest BCUT2D eigenvalue weighted by molar-refractivity contribution is 5.97. The van der Waals surface area contributed by atoms with E-state index in [2.05, 4.69) is 39.0 Å². The number of hydrogen-bond donors (Lipinski definition) is 2. The maximum Gasteiger partial charge on any atom is 0.324 e. The van der Waals surface area contributed by atoms with Crippen LogP contribution >= 0.6 is 0 Å². The molecule has 4 aliphatic heterocycles. The van der Waals surface area contributed by atoms with Crippen LogP contribution in [-0.4, -0.2) is 136 Å². The number of ether oxygens (including phenoxy) is 2. The van der Waals surface area contributed by atoms with Gasteiger partial charge in [0.25, 0.3) is 18.2 Å². The highest BCUT2D eigenvalue weighted by Crippen LogP contribution is 2.42. The number of carbonyl (C=O) groups excluding carboxylic acids is 5. The summed E-state index contributed by atoms with van der Waals surface area (Å²) in [4.78, 5) is 81.2. The standard InChI is InChI=1S/C58H74F2N8O7/c1-11-67-47-18-17-38-31-43(47)44(51(67)42-15-12-22-61-49(42)36(4)74-10)32-57(5,6)34-75-56(73)45-16-13-25-68(63-45)55(72)46(29-37-27-40(38)30-41(28-37)52(59)60)62-53(70)50(35(2)3)64(9)54(71)39-20-26-65(33-39)48(69)19-21-58(7,8)66-23-14-24-66/h12,15,17-18,22,27-28,30-31,35-36,39,45-46,50,52,63H,11,13-14,16,20,23-26,29,32-34H2,1-10H3,(H,62,70)/t36-,39-,45-,46-,50-/m0/s1. The van der Waals surface area contributed by atoms with Crippen molar-refractivity contribution in [3.8, 4) is 34.2 Å². The van der Waals surface area contributed by atoms with Crippen molar-refractivity contribution in [1.29, 1.82) is 0 Å². The first-order valence-corrected chi connectivity index (χ1v) is 26.5. The Balaban J connectivity index is 1.15. The summed E-state index contributed by atoms with van der Waals surface area (Å²) >= 11 is 0. The Labute approximate surface area is 440 Å². The number of methoxy groups -OCH3 is 1. The number of alkyl halides is 2. The number of benzene rings is 2. The van der Waals surface area contributed by atoms with Crippen molar-refractivity contribution in [2.75, 3.05) is 53.5 Å². The molecule has 5 atom stereocenters. The van der Waals surface area contributed by atoms with Gasteiger partial charge in [0.2, 0.25) is 11.8 Å². The van der Waals surface area contributed by atoms with Crippen LogP contribution in [0.15, 0.2) is 54.7 Å². The third-order valence-electron chi connectivity index (χ3n) is 15.6. The van der Waals surface area contributed by atoms with Gasteiger partial charge in [0, 0.05) is 93.5 Å². The van der Waals surface area contributed by atoms with Gasteiger partial charge in [0.1, 0.15) is 18.1 Å². The lowest BCUT2D eigenvalue weighted by atomic mass is 9.84. The van der Waals surface area contributed by atoms with Crippen molar-refractivity contribution >= 4 is 40.5 Å². The first-order chi connectivity index (χ1) is 35.6. The molecule has 0 spiro atoms. The Morgan fingerprint density at radius 2 is 1.77 bits per heavy atom. The van der Waals surface area contributed by atoms with Crippen LogP contribution < -0.4 is 10.7 Å². The molecule has 402 valence electrons. The summed E-state index contributed by atoms with van der Waals surface area (Å²) in [6.45, 7) is 18.9. The van der Waals surface area contributed by atoms with E-state index < -0.39 is 65.1 Å². The lowest BCUT2D eigenvalue weighted by Crippen LogP contribution is -2.62. The fourth-order valence-corrected chi connectivity index (χ4v) is 11.2. The second-order valence-electron chi connectivity index (χ2n) is 22.4. The second-order valence-corrected chi connectivity index (χ2v) is 22.4.